The smallest absolute Gasteiger partial charge is 0.156 e. The van der Waals surface area contributed by atoms with Gasteiger partial charge < -0.3 is 10.1 Å². The Hall–Kier alpha value is -1.20. The topological polar surface area (TPSA) is 39.1 Å². The number of anilines is 1. The van der Waals surface area contributed by atoms with Crippen LogP contribution in [0.2, 0.25) is 5.02 Å². The van der Waals surface area contributed by atoms with E-state index in [1.807, 2.05) is 29.9 Å². The highest BCUT2D eigenvalue weighted by molar-refractivity contribution is 9.10. The van der Waals surface area contributed by atoms with Crippen LogP contribution in [0.3, 0.4) is 0 Å². The third kappa shape index (κ3) is 4.38. The van der Waals surface area contributed by atoms with Gasteiger partial charge in [0.2, 0.25) is 0 Å². The van der Waals surface area contributed by atoms with Gasteiger partial charge in [0.25, 0.3) is 0 Å². The van der Waals surface area contributed by atoms with Crippen molar-refractivity contribution in [2.45, 2.75) is 33.4 Å². The molecule has 1 aromatic carbocycles. The Morgan fingerprint density at radius 2 is 2.19 bits per heavy atom. The van der Waals surface area contributed by atoms with Crippen LogP contribution in [-0.2, 0) is 13.1 Å². The van der Waals surface area contributed by atoms with E-state index in [1.165, 1.54) is 0 Å². The predicted molar refractivity (Wildman–Crippen MR) is 90.2 cm³/mol. The lowest BCUT2D eigenvalue weighted by Gasteiger charge is -2.14. The van der Waals surface area contributed by atoms with Gasteiger partial charge in [-0.1, -0.05) is 18.5 Å². The van der Waals surface area contributed by atoms with E-state index in [0.29, 0.717) is 18.2 Å². The van der Waals surface area contributed by atoms with Gasteiger partial charge in [-0.3, -0.25) is 4.68 Å². The van der Waals surface area contributed by atoms with Crippen molar-refractivity contribution in [3.8, 4) is 5.75 Å². The minimum Gasteiger partial charge on any atom is -0.491 e. The molecule has 0 amide bonds. The van der Waals surface area contributed by atoms with Crippen LogP contribution in [0, 0.1) is 0 Å². The lowest BCUT2D eigenvalue weighted by atomic mass is 10.2. The summed E-state index contributed by atoms with van der Waals surface area (Å²) in [5.74, 6) is 0.780. The molecule has 0 aliphatic carbocycles. The summed E-state index contributed by atoms with van der Waals surface area (Å²) in [6.07, 6.45) is 5.00. The highest BCUT2D eigenvalue weighted by Crippen LogP contribution is 2.36. The SMILES string of the molecule is CCCn1cc(CNc2cc(Cl)cc(Br)c2OCC)cn1. The zero-order valence-electron chi connectivity index (χ0n) is 12.2. The maximum Gasteiger partial charge on any atom is 0.156 e. The molecule has 4 nitrogen and oxygen atoms in total. The third-order valence-corrected chi connectivity index (χ3v) is 3.73. The van der Waals surface area contributed by atoms with Gasteiger partial charge in [0.1, 0.15) is 0 Å². The summed E-state index contributed by atoms with van der Waals surface area (Å²) in [4.78, 5) is 0. The summed E-state index contributed by atoms with van der Waals surface area (Å²) >= 11 is 9.59. The second-order valence-corrected chi connectivity index (χ2v) is 5.95. The maximum absolute atomic E-state index is 6.11. The molecule has 0 unspecified atom stereocenters. The molecule has 1 aromatic heterocycles. The van der Waals surface area contributed by atoms with Crippen LogP contribution in [0.5, 0.6) is 5.75 Å². The molecule has 114 valence electrons. The van der Waals surface area contributed by atoms with Crippen LogP contribution < -0.4 is 10.1 Å². The van der Waals surface area contributed by atoms with Crippen molar-refractivity contribution in [1.82, 2.24) is 9.78 Å². The van der Waals surface area contributed by atoms with Crippen LogP contribution in [0.25, 0.3) is 0 Å². The number of nitrogens with zero attached hydrogens (tertiary/aromatic N) is 2. The summed E-state index contributed by atoms with van der Waals surface area (Å²) in [7, 11) is 0. The average Bonchev–Trinajstić information content (AvgIpc) is 2.88. The van der Waals surface area contributed by atoms with Gasteiger partial charge in [-0.05, 0) is 41.4 Å². The lowest BCUT2D eigenvalue weighted by molar-refractivity contribution is 0.339. The molecule has 0 saturated heterocycles. The monoisotopic (exact) mass is 371 g/mol. The number of ether oxygens (including phenoxy) is 1. The first-order valence-corrected chi connectivity index (χ1v) is 8.18. The molecule has 1 heterocycles. The molecule has 0 fully saturated rings. The Morgan fingerprint density at radius 1 is 1.38 bits per heavy atom. The first kappa shape index (κ1) is 16.2. The summed E-state index contributed by atoms with van der Waals surface area (Å²) in [6, 6.07) is 3.70. The molecule has 2 rings (SSSR count). The molecule has 0 spiro atoms. The third-order valence-electron chi connectivity index (χ3n) is 2.92. The fourth-order valence-electron chi connectivity index (χ4n) is 2.03. The number of benzene rings is 1. The minimum atomic E-state index is 0.601. The van der Waals surface area contributed by atoms with Crippen LogP contribution >= 0.6 is 27.5 Å². The van der Waals surface area contributed by atoms with E-state index in [2.05, 4.69) is 39.5 Å². The second kappa shape index (κ2) is 7.71. The fourth-order valence-corrected chi connectivity index (χ4v) is 2.95. The number of nitrogens with one attached hydrogen (secondary N) is 1. The van der Waals surface area contributed by atoms with Crippen molar-refractivity contribution in [3.63, 3.8) is 0 Å². The van der Waals surface area contributed by atoms with Gasteiger partial charge in [-0.25, -0.2) is 0 Å². The molecule has 21 heavy (non-hydrogen) atoms. The average molecular weight is 373 g/mol. The number of halogens is 2. The number of rotatable bonds is 7. The first-order valence-electron chi connectivity index (χ1n) is 7.01. The first-order chi connectivity index (χ1) is 10.1. The van der Waals surface area contributed by atoms with E-state index < -0.39 is 0 Å². The molecule has 0 saturated carbocycles. The molecule has 2 aromatic rings. The summed E-state index contributed by atoms with van der Waals surface area (Å²) in [5.41, 5.74) is 2.00. The molecular weight excluding hydrogens is 354 g/mol. The molecular formula is C15H19BrClN3O. The summed E-state index contributed by atoms with van der Waals surface area (Å²) in [5, 5.41) is 8.34. The fraction of sp³-hybridized carbons (Fsp3) is 0.400. The van der Waals surface area contributed by atoms with E-state index in [1.54, 1.807) is 0 Å². The molecule has 1 N–H and O–H groups in total. The minimum absolute atomic E-state index is 0.601. The van der Waals surface area contributed by atoms with Gasteiger partial charge in [0.15, 0.2) is 5.75 Å². The number of aryl methyl sites for hydroxylation is 1. The molecule has 0 radical (unpaired) electrons. The van der Waals surface area contributed by atoms with Gasteiger partial charge in [0.05, 0.1) is 23.0 Å². The summed E-state index contributed by atoms with van der Waals surface area (Å²) in [6.45, 7) is 6.31. The quantitative estimate of drug-likeness (QED) is 0.764. The van der Waals surface area contributed by atoms with Gasteiger partial charge in [-0.2, -0.15) is 5.10 Å². The van der Waals surface area contributed by atoms with Crippen LogP contribution in [0.15, 0.2) is 29.0 Å². The molecule has 0 bridgehead atoms. The van der Waals surface area contributed by atoms with Crippen molar-refractivity contribution in [2.24, 2.45) is 0 Å². The summed E-state index contributed by atoms with van der Waals surface area (Å²) < 4.78 is 8.47. The van der Waals surface area contributed by atoms with Crippen molar-refractivity contribution < 1.29 is 4.74 Å². The van der Waals surface area contributed by atoms with Gasteiger partial charge >= 0.3 is 0 Å². The Labute approximate surface area is 138 Å². The van der Waals surface area contributed by atoms with E-state index in [0.717, 1.165) is 34.4 Å². The normalized spacial score (nSPS) is 10.7. The number of hydrogen-bond donors (Lipinski definition) is 1. The van der Waals surface area contributed by atoms with Crippen molar-refractivity contribution in [2.75, 3.05) is 11.9 Å². The second-order valence-electron chi connectivity index (χ2n) is 4.66. The Bertz CT molecular complexity index is 601. The highest BCUT2D eigenvalue weighted by Gasteiger charge is 2.10. The van der Waals surface area contributed by atoms with Crippen LogP contribution in [0.1, 0.15) is 25.8 Å². The Balaban J connectivity index is 2.11. The number of hydrogen-bond acceptors (Lipinski definition) is 3. The Morgan fingerprint density at radius 3 is 2.90 bits per heavy atom. The lowest BCUT2D eigenvalue weighted by Crippen LogP contribution is -2.03. The Kier molecular flexibility index (Phi) is 5.94. The molecule has 6 heteroatoms. The van der Waals surface area contributed by atoms with Crippen molar-refractivity contribution in [1.29, 1.82) is 0 Å². The van der Waals surface area contributed by atoms with E-state index >= 15 is 0 Å². The molecule has 0 atom stereocenters. The van der Waals surface area contributed by atoms with E-state index in [9.17, 15) is 0 Å². The predicted octanol–water partition coefficient (Wildman–Crippen LogP) is 4.72. The zero-order chi connectivity index (χ0) is 15.2. The van der Waals surface area contributed by atoms with Crippen LogP contribution in [-0.4, -0.2) is 16.4 Å². The standard InChI is InChI=1S/C15H19BrClN3O/c1-3-5-20-10-11(9-19-20)8-18-14-7-12(17)6-13(16)15(14)21-4-2/h6-7,9-10,18H,3-5,8H2,1-2H3. The maximum atomic E-state index is 6.11. The zero-order valence-corrected chi connectivity index (χ0v) is 14.5. The number of aromatic nitrogens is 2. The van der Waals surface area contributed by atoms with Crippen LogP contribution in [0.4, 0.5) is 5.69 Å². The molecule has 0 aliphatic rings. The largest absolute Gasteiger partial charge is 0.491 e. The van der Waals surface area contributed by atoms with Crippen molar-refractivity contribution >= 4 is 33.2 Å². The van der Waals surface area contributed by atoms with Gasteiger partial charge in [-0.15, -0.1) is 0 Å². The molecule has 0 aliphatic heterocycles. The highest BCUT2D eigenvalue weighted by atomic mass is 79.9. The van der Waals surface area contributed by atoms with Crippen molar-refractivity contribution in [3.05, 3.63) is 39.6 Å². The van der Waals surface area contributed by atoms with Gasteiger partial charge in [0, 0.05) is 29.9 Å². The van der Waals surface area contributed by atoms with E-state index in [4.69, 9.17) is 16.3 Å². The van der Waals surface area contributed by atoms with E-state index in [-0.39, 0.29) is 0 Å².